The van der Waals surface area contributed by atoms with Gasteiger partial charge in [0.05, 0.1) is 6.61 Å². The smallest absolute Gasteiger partial charge is 0.387 e. The van der Waals surface area contributed by atoms with Crippen molar-refractivity contribution in [1.29, 1.82) is 0 Å². The molecular weight excluding hydrogens is 382 g/mol. The molecule has 8 heteroatoms. The van der Waals surface area contributed by atoms with Crippen molar-refractivity contribution in [2.75, 3.05) is 32.8 Å². The monoisotopic (exact) mass is 408 g/mol. The number of rotatable bonds is 7. The molecule has 0 radical (unpaired) electrons. The van der Waals surface area contributed by atoms with Crippen LogP contribution in [0.5, 0.6) is 11.5 Å². The molecule has 0 aromatic heterocycles. The Balaban J connectivity index is 1.56. The summed E-state index contributed by atoms with van der Waals surface area (Å²) in [5.41, 5.74) is 0.641. The lowest BCUT2D eigenvalue weighted by molar-refractivity contribution is -0.142. The summed E-state index contributed by atoms with van der Waals surface area (Å²) in [4.78, 5) is 28.3. The number of halogens is 2. The summed E-state index contributed by atoms with van der Waals surface area (Å²) >= 11 is 0. The van der Waals surface area contributed by atoms with E-state index in [1.54, 1.807) is 30.0 Å². The van der Waals surface area contributed by atoms with Crippen molar-refractivity contribution in [1.82, 2.24) is 9.80 Å². The van der Waals surface area contributed by atoms with Gasteiger partial charge in [-0.2, -0.15) is 8.78 Å². The fraction of sp³-hybridized carbons (Fsp3) is 0.524. The van der Waals surface area contributed by atoms with Crippen LogP contribution in [0.15, 0.2) is 24.3 Å². The summed E-state index contributed by atoms with van der Waals surface area (Å²) < 4.78 is 34.7. The van der Waals surface area contributed by atoms with Crippen molar-refractivity contribution in [3.05, 3.63) is 29.8 Å². The molecular formula is C21H26F2N2O4. The molecule has 0 spiro atoms. The van der Waals surface area contributed by atoms with Gasteiger partial charge in [0.25, 0.3) is 0 Å². The van der Waals surface area contributed by atoms with Crippen molar-refractivity contribution in [2.45, 2.75) is 32.8 Å². The number of piperazine rings is 1. The van der Waals surface area contributed by atoms with Crippen LogP contribution in [-0.4, -0.2) is 61.0 Å². The Morgan fingerprint density at radius 1 is 1.14 bits per heavy atom. The fourth-order valence-electron chi connectivity index (χ4n) is 3.42. The van der Waals surface area contributed by atoms with E-state index in [0.29, 0.717) is 38.3 Å². The number of hydrogen-bond donors (Lipinski definition) is 0. The lowest BCUT2D eigenvalue weighted by Gasteiger charge is -2.37. The van der Waals surface area contributed by atoms with E-state index >= 15 is 0 Å². The first-order chi connectivity index (χ1) is 14.0. The van der Waals surface area contributed by atoms with Gasteiger partial charge >= 0.3 is 6.61 Å². The van der Waals surface area contributed by atoms with E-state index < -0.39 is 6.61 Å². The summed E-state index contributed by atoms with van der Waals surface area (Å²) in [6.45, 7) is 1.24. The van der Waals surface area contributed by atoms with Crippen molar-refractivity contribution < 1.29 is 27.8 Å². The molecule has 29 heavy (non-hydrogen) atoms. The zero-order chi connectivity index (χ0) is 20.8. The largest absolute Gasteiger partial charge is 0.490 e. The van der Waals surface area contributed by atoms with Gasteiger partial charge in [0.2, 0.25) is 11.8 Å². The number of carbonyl (C=O) groups excluding carboxylic acids is 2. The Morgan fingerprint density at radius 3 is 2.41 bits per heavy atom. The molecule has 1 aliphatic heterocycles. The second-order valence-electron chi connectivity index (χ2n) is 7.13. The van der Waals surface area contributed by atoms with Crippen LogP contribution in [0.4, 0.5) is 8.78 Å². The quantitative estimate of drug-likeness (QED) is 0.651. The second-order valence-corrected chi connectivity index (χ2v) is 7.13. The lowest BCUT2D eigenvalue weighted by Crippen LogP contribution is -2.52. The number of alkyl halides is 2. The molecule has 1 aliphatic carbocycles. The zero-order valence-corrected chi connectivity index (χ0v) is 16.5. The third-order valence-corrected chi connectivity index (χ3v) is 5.26. The lowest BCUT2D eigenvalue weighted by atomic mass is 9.84. The second kappa shape index (κ2) is 9.71. The summed E-state index contributed by atoms with van der Waals surface area (Å²) in [5, 5.41) is 0. The number of hydrogen-bond acceptors (Lipinski definition) is 4. The molecule has 6 nitrogen and oxygen atoms in total. The summed E-state index contributed by atoms with van der Waals surface area (Å²) in [5.74, 6) is 0.400. The molecule has 158 valence electrons. The number of benzene rings is 1. The van der Waals surface area contributed by atoms with Crippen molar-refractivity contribution in [3.8, 4) is 11.5 Å². The molecule has 2 fully saturated rings. The summed E-state index contributed by atoms with van der Waals surface area (Å²) in [6, 6.07) is 4.53. The van der Waals surface area contributed by atoms with Crippen LogP contribution in [0.25, 0.3) is 6.08 Å². The first-order valence-electron chi connectivity index (χ1n) is 9.95. The summed E-state index contributed by atoms with van der Waals surface area (Å²) in [7, 11) is 0. The molecule has 0 N–H and O–H groups in total. The van der Waals surface area contributed by atoms with E-state index in [1.807, 2.05) is 4.90 Å². The maximum atomic E-state index is 12.5. The minimum atomic E-state index is -2.94. The van der Waals surface area contributed by atoms with Gasteiger partial charge < -0.3 is 19.3 Å². The van der Waals surface area contributed by atoms with Gasteiger partial charge in [-0.15, -0.1) is 0 Å². The van der Waals surface area contributed by atoms with Gasteiger partial charge in [-0.25, -0.2) is 0 Å². The van der Waals surface area contributed by atoms with Gasteiger partial charge in [-0.05, 0) is 43.5 Å². The van der Waals surface area contributed by atoms with E-state index in [0.717, 1.165) is 19.3 Å². The predicted octanol–water partition coefficient (Wildman–Crippen LogP) is 3.17. The highest BCUT2D eigenvalue weighted by molar-refractivity contribution is 5.92. The Morgan fingerprint density at radius 2 is 1.83 bits per heavy atom. The zero-order valence-electron chi connectivity index (χ0n) is 16.5. The molecule has 1 heterocycles. The molecule has 1 aromatic rings. The minimum Gasteiger partial charge on any atom is -0.490 e. The highest BCUT2D eigenvalue weighted by Gasteiger charge is 2.31. The van der Waals surface area contributed by atoms with Gasteiger partial charge in [0.1, 0.15) is 0 Å². The normalized spacial score (nSPS) is 17.5. The first kappa shape index (κ1) is 21.1. The van der Waals surface area contributed by atoms with Gasteiger partial charge in [-0.1, -0.05) is 12.5 Å². The van der Waals surface area contributed by atoms with Gasteiger partial charge in [-0.3, -0.25) is 9.59 Å². The third kappa shape index (κ3) is 5.46. The molecule has 0 bridgehead atoms. The van der Waals surface area contributed by atoms with Crippen LogP contribution in [0.3, 0.4) is 0 Å². The van der Waals surface area contributed by atoms with Gasteiger partial charge in [0.15, 0.2) is 11.5 Å². The third-order valence-electron chi connectivity index (χ3n) is 5.26. The number of ether oxygens (including phenoxy) is 2. The van der Waals surface area contributed by atoms with Gasteiger partial charge in [0, 0.05) is 38.2 Å². The first-order valence-corrected chi connectivity index (χ1v) is 9.95. The Bertz CT molecular complexity index is 757. The molecule has 1 aromatic carbocycles. The van der Waals surface area contributed by atoms with Crippen LogP contribution in [0.1, 0.15) is 31.7 Å². The van der Waals surface area contributed by atoms with Crippen molar-refractivity contribution >= 4 is 17.9 Å². The average Bonchev–Trinajstić information content (AvgIpc) is 2.66. The molecule has 1 saturated carbocycles. The van der Waals surface area contributed by atoms with E-state index in [9.17, 15) is 18.4 Å². The Hall–Kier alpha value is -2.64. The van der Waals surface area contributed by atoms with Crippen molar-refractivity contribution in [3.63, 3.8) is 0 Å². The standard InChI is InChI=1S/C21H26F2N2O4/c1-2-28-18-14-15(6-8-17(18)29-21(22)23)7-9-19(26)24-10-12-25(13-11-24)20(27)16-4-3-5-16/h6-9,14,16,21H,2-5,10-13H2,1H3/b9-7+. The highest BCUT2D eigenvalue weighted by Crippen LogP contribution is 2.30. The van der Waals surface area contributed by atoms with Crippen LogP contribution < -0.4 is 9.47 Å². The summed E-state index contributed by atoms with van der Waals surface area (Å²) in [6.07, 6.45) is 6.14. The van der Waals surface area contributed by atoms with E-state index in [2.05, 4.69) is 4.74 Å². The number of nitrogens with zero attached hydrogens (tertiary/aromatic N) is 2. The molecule has 2 amide bonds. The number of carbonyl (C=O) groups is 2. The van der Waals surface area contributed by atoms with Crippen LogP contribution in [-0.2, 0) is 9.59 Å². The van der Waals surface area contributed by atoms with E-state index in [-0.39, 0.29) is 29.2 Å². The Kier molecular flexibility index (Phi) is 7.06. The minimum absolute atomic E-state index is 0.0439. The highest BCUT2D eigenvalue weighted by atomic mass is 19.3. The van der Waals surface area contributed by atoms with Crippen molar-refractivity contribution in [2.24, 2.45) is 5.92 Å². The topological polar surface area (TPSA) is 59.1 Å². The van der Waals surface area contributed by atoms with Crippen LogP contribution in [0, 0.1) is 5.92 Å². The van der Waals surface area contributed by atoms with Crippen LogP contribution >= 0.6 is 0 Å². The number of amides is 2. The molecule has 2 aliphatic rings. The van der Waals surface area contributed by atoms with E-state index in [1.165, 1.54) is 12.1 Å². The fourth-order valence-corrected chi connectivity index (χ4v) is 3.42. The SMILES string of the molecule is CCOc1cc(/C=C/C(=O)N2CCN(C(=O)C3CCC3)CC2)ccc1OC(F)F. The Labute approximate surface area is 169 Å². The molecule has 1 saturated heterocycles. The molecule has 3 rings (SSSR count). The maximum Gasteiger partial charge on any atom is 0.387 e. The predicted molar refractivity (Wildman–Crippen MR) is 104 cm³/mol. The van der Waals surface area contributed by atoms with Crippen LogP contribution in [0.2, 0.25) is 0 Å². The maximum absolute atomic E-state index is 12.5. The average molecular weight is 408 g/mol. The van der Waals surface area contributed by atoms with E-state index in [4.69, 9.17) is 4.74 Å². The molecule has 0 unspecified atom stereocenters. The molecule has 0 atom stereocenters.